The molecule has 1 aliphatic rings. The van der Waals surface area contributed by atoms with Gasteiger partial charge in [0.2, 0.25) is 0 Å². The van der Waals surface area contributed by atoms with Crippen molar-refractivity contribution in [1.82, 2.24) is 10.6 Å². The average Bonchev–Trinajstić information content (AvgIpc) is 3.28. The van der Waals surface area contributed by atoms with Crippen LogP contribution in [-0.2, 0) is 6.18 Å². The average molecular weight is 484 g/mol. The molecule has 0 aromatic heterocycles. The van der Waals surface area contributed by atoms with Crippen molar-refractivity contribution in [2.45, 2.75) is 30.6 Å². The molecule has 3 unspecified atom stereocenters. The molecule has 1 saturated heterocycles. The molecule has 3 atom stereocenters. The van der Waals surface area contributed by atoms with E-state index in [0.717, 1.165) is 23.3 Å². The number of amides is 1. The van der Waals surface area contributed by atoms with Crippen LogP contribution in [0.15, 0.2) is 72.8 Å². The molecule has 4 rings (SSSR count). The zero-order valence-electron chi connectivity index (χ0n) is 17.9. The van der Waals surface area contributed by atoms with Crippen LogP contribution in [0.1, 0.15) is 45.0 Å². The normalized spacial score (nSPS) is 18.8. The zero-order chi connectivity index (χ0) is 24.3. The number of nitrogens with zero attached hydrogens (tertiary/aromatic N) is 1. The number of nitrogens with one attached hydrogen (secondary N) is 2. The number of hydrogen-bond donors (Lipinski definition) is 2. The summed E-state index contributed by atoms with van der Waals surface area (Å²) >= 11 is 6.07. The molecule has 174 valence electrons. The Morgan fingerprint density at radius 3 is 2.15 bits per heavy atom. The first kappa shape index (κ1) is 23.8. The fraction of sp³-hybridized carbons (Fsp3) is 0.231. The summed E-state index contributed by atoms with van der Waals surface area (Å²) in [5, 5.41) is 16.1. The number of carbonyl (C=O) groups excluding carboxylic acids is 1. The summed E-state index contributed by atoms with van der Waals surface area (Å²) in [7, 11) is 0. The van der Waals surface area contributed by atoms with Crippen LogP contribution in [0.25, 0.3) is 0 Å². The van der Waals surface area contributed by atoms with Crippen molar-refractivity contribution < 1.29 is 18.0 Å². The number of rotatable bonds is 5. The van der Waals surface area contributed by atoms with Gasteiger partial charge in [-0.05, 0) is 66.1 Å². The third kappa shape index (κ3) is 5.41. The molecule has 1 aliphatic heterocycles. The van der Waals surface area contributed by atoms with E-state index < -0.39 is 17.6 Å². The smallest absolute Gasteiger partial charge is 0.348 e. The van der Waals surface area contributed by atoms with Gasteiger partial charge in [0.25, 0.3) is 5.91 Å². The molecule has 1 amide bonds. The van der Waals surface area contributed by atoms with E-state index in [1.165, 1.54) is 12.1 Å². The van der Waals surface area contributed by atoms with Gasteiger partial charge in [0.15, 0.2) is 0 Å². The van der Waals surface area contributed by atoms with Crippen LogP contribution in [0.4, 0.5) is 13.2 Å². The number of carbonyl (C=O) groups is 1. The number of benzene rings is 3. The Morgan fingerprint density at radius 2 is 1.59 bits per heavy atom. The summed E-state index contributed by atoms with van der Waals surface area (Å²) in [5.74, 6) is -0.458. The Labute approximate surface area is 200 Å². The van der Waals surface area contributed by atoms with Crippen LogP contribution in [0, 0.1) is 11.3 Å². The van der Waals surface area contributed by atoms with E-state index in [0.29, 0.717) is 23.6 Å². The van der Waals surface area contributed by atoms with Gasteiger partial charge in [-0.1, -0.05) is 35.9 Å². The Balaban J connectivity index is 1.49. The second-order valence-electron chi connectivity index (χ2n) is 8.26. The van der Waals surface area contributed by atoms with Gasteiger partial charge in [0.1, 0.15) is 0 Å². The van der Waals surface area contributed by atoms with Gasteiger partial charge in [-0.25, -0.2) is 0 Å². The maximum absolute atomic E-state index is 12.8. The highest BCUT2D eigenvalue weighted by Gasteiger charge is 2.34. The predicted octanol–water partition coefficient (Wildman–Crippen LogP) is 5.52. The molecule has 1 heterocycles. The summed E-state index contributed by atoms with van der Waals surface area (Å²) < 4.78 is 38.3. The van der Waals surface area contributed by atoms with Crippen molar-refractivity contribution in [3.8, 4) is 6.07 Å². The molecular formula is C26H21ClF3N3O. The van der Waals surface area contributed by atoms with E-state index in [2.05, 4.69) is 16.7 Å². The largest absolute Gasteiger partial charge is 0.416 e. The zero-order valence-corrected chi connectivity index (χ0v) is 18.7. The van der Waals surface area contributed by atoms with Crippen molar-refractivity contribution in [2.75, 3.05) is 6.54 Å². The molecule has 0 spiro atoms. The molecule has 34 heavy (non-hydrogen) atoms. The second-order valence-corrected chi connectivity index (χ2v) is 8.70. The minimum absolute atomic E-state index is 0.00739. The van der Waals surface area contributed by atoms with E-state index in [1.54, 1.807) is 12.1 Å². The minimum Gasteiger partial charge on any atom is -0.348 e. The minimum atomic E-state index is -4.44. The summed E-state index contributed by atoms with van der Waals surface area (Å²) in [6.07, 6.45) is -3.82. The van der Waals surface area contributed by atoms with Crippen molar-refractivity contribution >= 4 is 17.5 Å². The number of hydrogen-bond acceptors (Lipinski definition) is 3. The standard InChI is InChI=1S/C26H21ClF3N3O/c27-21-11-7-18(8-12-21)24(17-3-1-16(14-31)2-4-17)23-13-22(15-32-23)33-25(34)19-5-9-20(10-6-19)26(28,29)30/h1-12,22-24,32H,13,15H2,(H,33,34). The predicted molar refractivity (Wildman–Crippen MR) is 124 cm³/mol. The monoisotopic (exact) mass is 483 g/mol. The van der Waals surface area contributed by atoms with Gasteiger partial charge >= 0.3 is 6.18 Å². The van der Waals surface area contributed by atoms with E-state index in [1.807, 2.05) is 36.4 Å². The quantitative estimate of drug-likeness (QED) is 0.502. The highest BCUT2D eigenvalue weighted by Crippen LogP contribution is 2.33. The fourth-order valence-electron chi connectivity index (χ4n) is 4.30. The summed E-state index contributed by atoms with van der Waals surface area (Å²) in [5.41, 5.74) is 2.02. The van der Waals surface area contributed by atoms with Gasteiger partial charge in [-0.2, -0.15) is 18.4 Å². The van der Waals surface area contributed by atoms with Crippen LogP contribution in [-0.4, -0.2) is 24.5 Å². The molecule has 0 bridgehead atoms. The van der Waals surface area contributed by atoms with Crippen molar-refractivity contribution in [1.29, 1.82) is 5.26 Å². The summed E-state index contributed by atoms with van der Waals surface area (Å²) in [6, 6.07) is 21.1. The lowest BCUT2D eigenvalue weighted by Crippen LogP contribution is -2.36. The third-order valence-electron chi connectivity index (χ3n) is 6.00. The molecule has 1 fully saturated rings. The van der Waals surface area contributed by atoms with Gasteiger partial charge in [-0.15, -0.1) is 0 Å². The van der Waals surface area contributed by atoms with Gasteiger partial charge < -0.3 is 10.6 Å². The fourth-order valence-corrected chi connectivity index (χ4v) is 4.43. The van der Waals surface area contributed by atoms with Crippen LogP contribution < -0.4 is 10.6 Å². The molecule has 8 heteroatoms. The third-order valence-corrected chi connectivity index (χ3v) is 6.26. The first-order valence-electron chi connectivity index (χ1n) is 10.7. The van der Waals surface area contributed by atoms with Gasteiger partial charge in [0.05, 0.1) is 17.2 Å². The molecular weight excluding hydrogens is 463 g/mol. The van der Waals surface area contributed by atoms with Crippen LogP contribution in [0.2, 0.25) is 5.02 Å². The van der Waals surface area contributed by atoms with Crippen LogP contribution in [0.3, 0.4) is 0 Å². The van der Waals surface area contributed by atoms with E-state index in [4.69, 9.17) is 16.9 Å². The molecule has 0 radical (unpaired) electrons. The maximum Gasteiger partial charge on any atom is 0.416 e. The lowest BCUT2D eigenvalue weighted by atomic mass is 9.83. The molecule has 0 aliphatic carbocycles. The maximum atomic E-state index is 12.8. The highest BCUT2D eigenvalue weighted by molar-refractivity contribution is 6.30. The summed E-state index contributed by atoms with van der Waals surface area (Å²) in [6.45, 7) is 0.525. The lowest BCUT2D eigenvalue weighted by Gasteiger charge is -2.25. The van der Waals surface area contributed by atoms with Gasteiger partial charge in [0, 0.05) is 35.1 Å². The lowest BCUT2D eigenvalue weighted by molar-refractivity contribution is -0.137. The second kappa shape index (κ2) is 9.88. The molecule has 2 N–H and O–H groups in total. The highest BCUT2D eigenvalue weighted by atomic mass is 35.5. The van der Waals surface area contributed by atoms with Crippen molar-refractivity contribution in [3.63, 3.8) is 0 Å². The van der Waals surface area contributed by atoms with Crippen LogP contribution in [0.5, 0.6) is 0 Å². The molecule has 3 aromatic carbocycles. The van der Waals surface area contributed by atoms with Crippen LogP contribution >= 0.6 is 11.6 Å². The van der Waals surface area contributed by atoms with Crippen molar-refractivity contribution in [2.24, 2.45) is 0 Å². The summed E-state index contributed by atoms with van der Waals surface area (Å²) in [4.78, 5) is 12.6. The Bertz CT molecular complexity index is 1190. The molecule has 4 nitrogen and oxygen atoms in total. The van der Waals surface area contributed by atoms with E-state index >= 15 is 0 Å². The number of halogens is 4. The first-order valence-corrected chi connectivity index (χ1v) is 11.1. The SMILES string of the molecule is N#Cc1ccc(C(c2ccc(Cl)cc2)C2CC(NC(=O)c3ccc(C(F)(F)F)cc3)CN2)cc1. The van der Waals surface area contributed by atoms with Gasteiger partial charge in [-0.3, -0.25) is 4.79 Å². The van der Waals surface area contributed by atoms with E-state index in [-0.39, 0.29) is 23.6 Å². The molecule has 0 saturated carbocycles. The Hall–Kier alpha value is -3.34. The topological polar surface area (TPSA) is 64.9 Å². The number of nitriles is 1. The Morgan fingerprint density at radius 1 is 1.00 bits per heavy atom. The van der Waals surface area contributed by atoms with Crippen molar-refractivity contribution in [3.05, 3.63) is 106 Å². The number of alkyl halides is 3. The molecule has 3 aromatic rings. The first-order chi connectivity index (χ1) is 16.2. The Kier molecular flexibility index (Phi) is 6.92. The van der Waals surface area contributed by atoms with E-state index in [9.17, 15) is 18.0 Å².